The van der Waals surface area contributed by atoms with Crippen molar-refractivity contribution in [1.29, 1.82) is 0 Å². The molecule has 0 aliphatic carbocycles. The predicted octanol–water partition coefficient (Wildman–Crippen LogP) is 6.87. The minimum Gasteiger partial charge on any atom is -0.504 e. The molecule has 0 saturated heterocycles. The van der Waals surface area contributed by atoms with Crippen molar-refractivity contribution in [3.63, 3.8) is 0 Å². The quantitative estimate of drug-likeness (QED) is 0.258. The van der Waals surface area contributed by atoms with Crippen LogP contribution in [0.4, 0.5) is 0 Å². The van der Waals surface area contributed by atoms with Gasteiger partial charge < -0.3 is 33.5 Å². The number of likely N-dealkylation sites (N-methyl/N-ethyl adjacent to an activating group) is 2. The molecule has 2 atom stereocenters. The Balaban J connectivity index is 1.48. The maximum Gasteiger partial charge on any atom is 0.204 e. The van der Waals surface area contributed by atoms with Gasteiger partial charge in [-0.25, -0.2) is 0 Å². The first-order chi connectivity index (χ1) is 22.8. The molecular formula is C38H42N2O7. The van der Waals surface area contributed by atoms with E-state index in [0.717, 1.165) is 65.7 Å². The van der Waals surface area contributed by atoms with E-state index in [-0.39, 0.29) is 17.8 Å². The van der Waals surface area contributed by atoms with Gasteiger partial charge in [-0.05, 0) is 98.4 Å². The lowest BCUT2D eigenvalue weighted by molar-refractivity contribution is 0.222. The second-order valence-corrected chi connectivity index (χ2v) is 12.6. The Morgan fingerprint density at radius 2 is 1.26 bits per heavy atom. The fraction of sp³-hybridized carbons (Fsp3) is 0.368. The molecule has 1 N–H and O–H groups in total. The van der Waals surface area contributed by atoms with Crippen molar-refractivity contribution in [3.05, 3.63) is 88.0 Å². The number of phenolic OH excluding ortho intramolecular Hbond substituents is 1. The molecule has 4 heterocycles. The number of methoxy groups -OCH3 is 4. The second-order valence-electron chi connectivity index (χ2n) is 12.6. The number of benzene rings is 4. The first kappa shape index (κ1) is 31.0. The highest BCUT2D eigenvalue weighted by Crippen LogP contribution is 2.53. The van der Waals surface area contributed by atoms with E-state index in [4.69, 9.17) is 28.4 Å². The van der Waals surface area contributed by atoms with E-state index in [2.05, 4.69) is 48.2 Å². The smallest absolute Gasteiger partial charge is 0.204 e. The summed E-state index contributed by atoms with van der Waals surface area (Å²) in [6.07, 6.45) is 3.02. The zero-order chi connectivity index (χ0) is 32.8. The van der Waals surface area contributed by atoms with Crippen molar-refractivity contribution in [2.45, 2.75) is 37.8 Å². The van der Waals surface area contributed by atoms with E-state index in [1.54, 1.807) is 34.5 Å². The third-order valence-corrected chi connectivity index (χ3v) is 9.97. The van der Waals surface area contributed by atoms with Crippen LogP contribution in [-0.2, 0) is 25.7 Å². The summed E-state index contributed by atoms with van der Waals surface area (Å²) in [7, 11) is 10.9. The molecule has 9 heteroatoms. The van der Waals surface area contributed by atoms with Crippen molar-refractivity contribution >= 4 is 0 Å². The lowest BCUT2D eigenvalue weighted by Crippen LogP contribution is -2.34. The number of ether oxygens (including phenoxy) is 6. The predicted molar refractivity (Wildman–Crippen MR) is 179 cm³/mol. The third kappa shape index (κ3) is 5.47. The minimum atomic E-state index is -0.00110. The monoisotopic (exact) mass is 638 g/mol. The van der Waals surface area contributed by atoms with Crippen LogP contribution in [0.2, 0.25) is 0 Å². The number of aromatic hydroxyl groups is 1. The number of nitrogens with zero attached hydrogens (tertiary/aromatic N) is 2. The average molecular weight is 639 g/mol. The molecule has 0 saturated carbocycles. The van der Waals surface area contributed by atoms with Gasteiger partial charge in [0.25, 0.3) is 0 Å². The van der Waals surface area contributed by atoms with Gasteiger partial charge in [0.05, 0.1) is 28.4 Å². The fourth-order valence-electron chi connectivity index (χ4n) is 7.43. The van der Waals surface area contributed by atoms with Crippen molar-refractivity contribution in [1.82, 2.24) is 9.80 Å². The summed E-state index contributed by atoms with van der Waals surface area (Å²) in [4.78, 5) is 4.72. The van der Waals surface area contributed by atoms with Gasteiger partial charge >= 0.3 is 0 Å². The normalized spacial score (nSPS) is 19.0. The summed E-state index contributed by atoms with van der Waals surface area (Å²) in [6.45, 7) is 1.69. The molecular weight excluding hydrogens is 596 g/mol. The number of phenols is 1. The van der Waals surface area contributed by atoms with Gasteiger partial charge in [-0.15, -0.1) is 0 Å². The Morgan fingerprint density at radius 3 is 1.91 bits per heavy atom. The molecule has 8 rings (SSSR count). The highest BCUT2D eigenvalue weighted by Gasteiger charge is 2.35. The standard InChI is InChI=1S/C38H42N2O7/c1-39-16-14-26-27-20-33(42-3)37(44-5)36(26)47-34-21-28-25(35(43-4)38(34)45-6)13-15-40(2)30(28)18-23-9-12-31(41)32(19-23)46-24-10-7-22(8-11-24)17-29(27)39/h7-12,19-21,29-30,41H,13-18H2,1-6H3. The molecule has 4 aliphatic heterocycles. The summed E-state index contributed by atoms with van der Waals surface area (Å²) in [5, 5.41) is 10.8. The van der Waals surface area contributed by atoms with Gasteiger partial charge in [-0.3, -0.25) is 9.80 Å². The van der Waals surface area contributed by atoms with E-state index in [0.29, 0.717) is 52.4 Å². The van der Waals surface area contributed by atoms with Crippen LogP contribution in [0.25, 0.3) is 0 Å². The van der Waals surface area contributed by atoms with E-state index in [9.17, 15) is 5.11 Å². The molecule has 2 unspecified atom stereocenters. The maximum absolute atomic E-state index is 10.8. The molecule has 10 bridgehead atoms. The van der Waals surface area contributed by atoms with Gasteiger partial charge in [0.1, 0.15) is 5.75 Å². The Morgan fingerprint density at radius 1 is 0.638 bits per heavy atom. The zero-order valence-corrected chi connectivity index (χ0v) is 27.9. The van der Waals surface area contributed by atoms with Crippen LogP contribution >= 0.6 is 0 Å². The van der Waals surface area contributed by atoms with Crippen molar-refractivity contribution in [3.8, 4) is 51.7 Å². The van der Waals surface area contributed by atoms with Crippen molar-refractivity contribution < 1.29 is 33.5 Å². The maximum atomic E-state index is 10.8. The first-order valence-corrected chi connectivity index (χ1v) is 16.1. The number of rotatable bonds is 4. The summed E-state index contributed by atoms with van der Waals surface area (Å²) in [6, 6.07) is 17.9. The van der Waals surface area contributed by atoms with Crippen LogP contribution in [0.1, 0.15) is 45.5 Å². The molecule has 0 fully saturated rings. The Labute approximate surface area is 276 Å². The first-order valence-electron chi connectivity index (χ1n) is 16.1. The van der Waals surface area contributed by atoms with Crippen LogP contribution in [0, 0.1) is 0 Å². The fourth-order valence-corrected chi connectivity index (χ4v) is 7.43. The summed E-state index contributed by atoms with van der Waals surface area (Å²) >= 11 is 0. The minimum absolute atomic E-state index is 0.00110. The molecule has 0 radical (unpaired) electrons. The van der Waals surface area contributed by atoms with Crippen LogP contribution in [-0.4, -0.2) is 70.5 Å². The van der Waals surface area contributed by atoms with Gasteiger partial charge in [0, 0.05) is 36.3 Å². The number of hydrogen-bond acceptors (Lipinski definition) is 9. The van der Waals surface area contributed by atoms with Gasteiger partial charge in [-0.2, -0.15) is 0 Å². The Hall–Kier alpha value is -4.60. The highest BCUT2D eigenvalue weighted by atomic mass is 16.6. The summed E-state index contributed by atoms with van der Waals surface area (Å²) in [5.41, 5.74) is 6.61. The molecule has 246 valence electrons. The second kappa shape index (κ2) is 12.5. The molecule has 47 heavy (non-hydrogen) atoms. The lowest BCUT2D eigenvalue weighted by atomic mass is 9.87. The average Bonchev–Trinajstić information content (AvgIpc) is 3.08. The van der Waals surface area contributed by atoms with Crippen LogP contribution < -0.4 is 28.4 Å². The molecule has 0 aromatic heterocycles. The van der Waals surface area contributed by atoms with Crippen LogP contribution in [0.15, 0.2) is 54.6 Å². The molecule has 0 amide bonds. The summed E-state index contributed by atoms with van der Waals surface area (Å²) < 4.78 is 37.2. The zero-order valence-electron chi connectivity index (χ0n) is 27.9. The Bertz CT molecular complexity index is 1810. The molecule has 4 aromatic carbocycles. The molecule has 0 spiro atoms. The van der Waals surface area contributed by atoms with E-state index >= 15 is 0 Å². The molecule has 4 aliphatic rings. The third-order valence-electron chi connectivity index (χ3n) is 9.97. The van der Waals surface area contributed by atoms with E-state index in [1.165, 1.54) is 0 Å². The SMILES string of the molecule is COc1cc2c3c(c1OC)Oc1cc4c(c(OC)c1OC)CCN(C)C4Cc1ccc(O)c(c1)Oc1ccc(cc1)CC2N(C)CC3. The van der Waals surface area contributed by atoms with Crippen LogP contribution in [0.5, 0.6) is 51.7 Å². The largest absolute Gasteiger partial charge is 0.504 e. The topological polar surface area (TPSA) is 82.1 Å². The molecule has 4 aromatic rings. The Kier molecular flexibility index (Phi) is 8.28. The van der Waals surface area contributed by atoms with E-state index in [1.807, 2.05) is 24.3 Å². The number of fused-ring (bicyclic) bond motifs is 2. The van der Waals surface area contributed by atoms with Crippen molar-refractivity contribution in [2.24, 2.45) is 0 Å². The van der Waals surface area contributed by atoms with Gasteiger partial charge in [0.2, 0.25) is 11.5 Å². The summed E-state index contributed by atoms with van der Waals surface area (Å²) in [5.74, 6) is 4.75. The number of hydrogen-bond donors (Lipinski definition) is 1. The lowest BCUT2D eigenvalue weighted by Gasteiger charge is -2.37. The van der Waals surface area contributed by atoms with Gasteiger partial charge in [-0.1, -0.05) is 18.2 Å². The van der Waals surface area contributed by atoms with Crippen molar-refractivity contribution in [2.75, 3.05) is 55.6 Å². The van der Waals surface area contributed by atoms with Gasteiger partial charge in [0.15, 0.2) is 34.5 Å². The van der Waals surface area contributed by atoms with Crippen LogP contribution in [0.3, 0.4) is 0 Å². The molecule has 9 nitrogen and oxygen atoms in total. The highest BCUT2D eigenvalue weighted by molar-refractivity contribution is 5.66. The van der Waals surface area contributed by atoms with E-state index < -0.39 is 0 Å².